The van der Waals surface area contributed by atoms with E-state index in [0.717, 1.165) is 42.4 Å². The van der Waals surface area contributed by atoms with Crippen LogP contribution >= 0.6 is 0 Å². The first-order chi connectivity index (χ1) is 17.4. The number of alkyl halides is 2. The number of piperidine rings is 1. The summed E-state index contributed by atoms with van der Waals surface area (Å²) in [6.07, 6.45) is 2.66. The summed E-state index contributed by atoms with van der Waals surface area (Å²) < 4.78 is 34.9. The second-order valence-electron chi connectivity index (χ2n) is 8.68. The number of carbonyl (C=O) groups excluding carboxylic acids is 1. The molecule has 1 saturated heterocycles. The molecule has 1 aliphatic heterocycles. The van der Waals surface area contributed by atoms with Crippen molar-refractivity contribution >= 4 is 22.5 Å². The molecule has 3 aromatic rings. The maximum Gasteiger partial charge on any atom is 0.387 e. The minimum absolute atomic E-state index is 0.0567. The molecule has 0 radical (unpaired) electrons. The molecule has 1 fully saturated rings. The molecular formula is C26H30F2N4O4. The van der Waals surface area contributed by atoms with Gasteiger partial charge in [0.1, 0.15) is 11.5 Å². The Labute approximate surface area is 208 Å². The smallest absolute Gasteiger partial charge is 0.387 e. The van der Waals surface area contributed by atoms with E-state index in [4.69, 9.17) is 4.74 Å². The van der Waals surface area contributed by atoms with Gasteiger partial charge in [-0.15, -0.1) is 0 Å². The lowest BCUT2D eigenvalue weighted by atomic mass is 10.0. The number of rotatable bonds is 10. The van der Waals surface area contributed by atoms with Crippen LogP contribution in [-0.4, -0.2) is 66.8 Å². The number of likely N-dealkylation sites (tertiary alicyclic amines) is 1. The largest absolute Gasteiger partial charge is 0.497 e. The van der Waals surface area contributed by atoms with Crippen LogP contribution in [0.2, 0.25) is 0 Å². The molecule has 4 rings (SSSR count). The van der Waals surface area contributed by atoms with Gasteiger partial charge in [0.2, 0.25) is 5.91 Å². The number of aliphatic hydroxyl groups excluding tert-OH is 1. The van der Waals surface area contributed by atoms with E-state index in [1.165, 1.54) is 12.1 Å². The number of methoxy groups -OCH3 is 1. The number of amides is 1. The van der Waals surface area contributed by atoms with Gasteiger partial charge in [0.05, 0.1) is 31.0 Å². The molecule has 8 nitrogen and oxygen atoms in total. The van der Waals surface area contributed by atoms with Gasteiger partial charge in [-0.05, 0) is 67.9 Å². The van der Waals surface area contributed by atoms with Crippen LogP contribution in [0.5, 0.6) is 11.5 Å². The quantitative estimate of drug-likeness (QED) is 0.392. The molecule has 1 atom stereocenters. The Morgan fingerprint density at radius 3 is 2.72 bits per heavy atom. The molecule has 36 heavy (non-hydrogen) atoms. The zero-order chi connectivity index (χ0) is 25.5. The predicted molar refractivity (Wildman–Crippen MR) is 132 cm³/mol. The molecule has 192 valence electrons. The fourth-order valence-electron chi connectivity index (χ4n) is 4.43. The van der Waals surface area contributed by atoms with Gasteiger partial charge >= 0.3 is 6.61 Å². The zero-order valence-corrected chi connectivity index (χ0v) is 20.0. The van der Waals surface area contributed by atoms with Crippen molar-refractivity contribution in [3.05, 3.63) is 60.3 Å². The van der Waals surface area contributed by atoms with Crippen molar-refractivity contribution in [2.45, 2.75) is 31.6 Å². The summed E-state index contributed by atoms with van der Waals surface area (Å²) in [5, 5.41) is 17.7. The monoisotopic (exact) mass is 500 g/mol. The second kappa shape index (κ2) is 12.1. The molecule has 1 amide bonds. The molecule has 0 unspecified atom stereocenters. The lowest BCUT2D eigenvalue weighted by Gasteiger charge is -2.33. The Morgan fingerprint density at radius 2 is 1.97 bits per heavy atom. The Kier molecular flexibility index (Phi) is 8.63. The highest BCUT2D eigenvalue weighted by molar-refractivity contribution is 5.93. The fourth-order valence-corrected chi connectivity index (χ4v) is 4.43. The van der Waals surface area contributed by atoms with Crippen LogP contribution < -0.4 is 20.1 Å². The highest BCUT2D eigenvalue weighted by atomic mass is 19.3. The Morgan fingerprint density at radius 1 is 1.19 bits per heavy atom. The first kappa shape index (κ1) is 25.7. The molecule has 2 aromatic carbocycles. The Balaban J connectivity index is 1.25. The summed E-state index contributed by atoms with van der Waals surface area (Å²) in [5.41, 5.74) is 1.82. The normalized spacial score (nSPS) is 15.7. The highest BCUT2D eigenvalue weighted by Gasteiger charge is 2.23. The molecule has 1 aliphatic rings. The molecule has 10 heteroatoms. The fraction of sp³-hybridized carbons (Fsp3) is 0.385. The number of para-hydroxylation sites is 2. The van der Waals surface area contributed by atoms with Crippen LogP contribution in [-0.2, 0) is 4.79 Å². The van der Waals surface area contributed by atoms with Crippen LogP contribution in [0.3, 0.4) is 0 Å². The number of hydrogen-bond donors (Lipinski definition) is 3. The van der Waals surface area contributed by atoms with Gasteiger partial charge in [0.15, 0.2) is 0 Å². The Hall–Kier alpha value is -3.34. The lowest BCUT2D eigenvalue weighted by molar-refractivity contribution is -0.115. The molecular weight excluding hydrogens is 470 g/mol. The number of carbonyl (C=O) groups is 1. The van der Waals surface area contributed by atoms with Crippen molar-refractivity contribution in [3.63, 3.8) is 0 Å². The van der Waals surface area contributed by atoms with Crippen molar-refractivity contribution < 1.29 is 28.2 Å². The summed E-state index contributed by atoms with van der Waals surface area (Å²) in [7, 11) is 1.61. The molecule has 3 N–H and O–H groups in total. The van der Waals surface area contributed by atoms with Crippen molar-refractivity contribution in [1.82, 2.24) is 15.2 Å². The first-order valence-corrected chi connectivity index (χ1v) is 11.8. The number of aliphatic hydroxyl groups is 1. The average molecular weight is 501 g/mol. The van der Waals surface area contributed by atoms with E-state index >= 15 is 0 Å². The maximum absolute atomic E-state index is 12.6. The number of benzene rings is 2. The number of hydrogen-bond acceptors (Lipinski definition) is 7. The highest BCUT2D eigenvalue weighted by Crippen LogP contribution is 2.28. The second-order valence-corrected chi connectivity index (χ2v) is 8.68. The number of nitrogens with one attached hydrogen (secondary N) is 2. The minimum atomic E-state index is -2.97. The van der Waals surface area contributed by atoms with Crippen molar-refractivity contribution in [2.24, 2.45) is 0 Å². The average Bonchev–Trinajstić information content (AvgIpc) is 2.88. The third-order valence-electron chi connectivity index (χ3n) is 6.29. The number of fused-ring (bicyclic) bond motifs is 1. The van der Waals surface area contributed by atoms with E-state index in [9.17, 15) is 18.7 Å². The van der Waals surface area contributed by atoms with Gasteiger partial charge in [0.25, 0.3) is 0 Å². The van der Waals surface area contributed by atoms with E-state index in [1.807, 2.05) is 24.3 Å². The van der Waals surface area contributed by atoms with E-state index in [2.05, 4.69) is 25.3 Å². The molecule has 0 aliphatic carbocycles. The van der Waals surface area contributed by atoms with Gasteiger partial charge in [-0.3, -0.25) is 9.78 Å². The SMILES string of the molecule is COc1ccc2nccc([C@@H](O)CN3CCC(NCC(=O)Nc4ccccc4OC(F)F)CC3)c2c1. The molecule has 1 aromatic heterocycles. The van der Waals surface area contributed by atoms with Gasteiger partial charge in [-0.25, -0.2) is 0 Å². The number of β-amino-alcohol motifs (C(OH)–C–C–N with tert-alkyl or cyclic N) is 1. The van der Waals surface area contributed by atoms with Gasteiger partial charge in [0, 0.05) is 24.2 Å². The Bertz CT molecular complexity index is 1170. The van der Waals surface area contributed by atoms with Crippen molar-refractivity contribution in [2.75, 3.05) is 38.6 Å². The van der Waals surface area contributed by atoms with Crippen LogP contribution in [0.25, 0.3) is 10.9 Å². The van der Waals surface area contributed by atoms with Crippen LogP contribution in [0.4, 0.5) is 14.5 Å². The van der Waals surface area contributed by atoms with Crippen molar-refractivity contribution in [1.29, 1.82) is 0 Å². The lowest BCUT2D eigenvalue weighted by Crippen LogP contribution is -2.45. The first-order valence-electron chi connectivity index (χ1n) is 11.8. The number of aromatic nitrogens is 1. The van der Waals surface area contributed by atoms with E-state index in [1.54, 1.807) is 25.4 Å². The van der Waals surface area contributed by atoms with Gasteiger partial charge in [-0.1, -0.05) is 12.1 Å². The molecule has 2 heterocycles. The maximum atomic E-state index is 12.6. The van der Waals surface area contributed by atoms with Crippen LogP contribution in [0, 0.1) is 0 Å². The van der Waals surface area contributed by atoms with Gasteiger partial charge < -0.3 is 30.1 Å². The number of halogens is 2. The topological polar surface area (TPSA) is 96.0 Å². The minimum Gasteiger partial charge on any atom is -0.497 e. The number of anilines is 1. The summed E-state index contributed by atoms with van der Waals surface area (Å²) >= 11 is 0. The van der Waals surface area contributed by atoms with Crippen LogP contribution in [0.15, 0.2) is 54.7 Å². The standard InChI is InChI=1S/C26H30F2N4O4/c1-35-18-6-7-21-20(14-18)19(8-11-29-21)23(33)16-32-12-9-17(10-13-32)30-15-25(34)31-22-4-2-3-5-24(22)36-26(27)28/h2-8,11,14,17,23,26,30,33H,9-10,12-13,15-16H2,1H3,(H,31,34)/t23-/m0/s1. The summed E-state index contributed by atoms with van der Waals surface area (Å²) in [5.74, 6) is 0.302. The van der Waals surface area contributed by atoms with Gasteiger partial charge in [-0.2, -0.15) is 8.78 Å². The molecule has 0 spiro atoms. The summed E-state index contributed by atoms with van der Waals surface area (Å²) in [6.45, 7) is -0.877. The number of ether oxygens (including phenoxy) is 2. The third-order valence-corrected chi connectivity index (χ3v) is 6.29. The number of pyridine rings is 1. The van der Waals surface area contributed by atoms with Crippen molar-refractivity contribution in [3.8, 4) is 11.5 Å². The summed E-state index contributed by atoms with van der Waals surface area (Å²) in [4.78, 5) is 18.9. The predicted octanol–water partition coefficient (Wildman–Crippen LogP) is 3.57. The third kappa shape index (κ3) is 6.66. The van der Waals surface area contributed by atoms with E-state index < -0.39 is 12.7 Å². The van der Waals surface area contributed by atoms with Crippen LogP contribution in [0.1, 0.15) is 24.5 Å². The number of nitrogens with zero attached hydrogens (tertiary/aromatic N) is 2. The van der Waals surface area contributed by atoms with E-state index in [0.29, 0.717) is 12.3 Å². The van der Waals surface area contributed by atoms with E-state index in [-0.39, 0.29) is 29.9 Å². The summed E-state index contributed by atoms with van der Waals surface area (Å²) in [6, 6.07) is 13.7. The molecule has 0 saturated carbocycles. The molecule has 0 bridgehead atoms. The zero-order valence-electron chi connectivity index (χ0n) is 20.0.